The van der Waals surface area contributed by atoms with Crippen molar-refractivity contribution in [2.75, 3.05) is 0 Å². The first-order valence-corrected chi connectivity index (χ1v) is 7.35. The smallest absolute Gasteiger partial charge is 0.133 e. The van der Waals surface area contributed by atoms with Gasteiger partial charge in [0.2, 0.25) is 0 Å². The number of hydrogen-bond donors (Lipinski definition) is 1. The van der Waals surface area contributed by atoms with Crippen LogP contribution in [0.2, 0.25) is 0 Å². The van der Waals surface area contributed by atoms with Gasteiger partial charge in [-0.2, -0.15) is 0 Å². The Morgan fingerprint density at radius 2 is 1.47 bits per heavy atom. The molecule has 0 spiro atoms. The average Bonchev–Trinajstić information content (AvgIpc) is 2.32. The molecule has 0 saturated carbocycles. The second-order valence-corrected chi connectivity index (χ2v) is 6.54. The summed E-state index contributed by atoms with van der Waals surface area (Å²) < 4.78 is 11.9. The summed E-state index contributed by atoms with van der Waals surface area (Å²) in [5, 5.41) is 0. The molecule has 3 heteroatoms. The van der Waals surface area contributed by atoms with E-state index in [1.165, 1.54) is 0 Å². The molecule has 19 heavy (non-hydrogen) atoms. The molecule has 0 saturated heterocycles. The van der Waals surface area contributed by atoms with Gasteiger partial charge in [0.05, 0.1) is 0 Å². The molecule has 1 aromatic rings. The fourth-order valence-electron chi connectivity index (χ4n) is 1.41. The Hall–Kier alpha value is -0.830. The highest BCUT2D eigenvalue weighted by Crippen LogP contribution is 2.32. The van der Waals surface area contributed by atoms with Crippen LogP contribution in [0.5, 0.6) is 11.5 Å². The summed E-state index contributed by atoms with van der Waals surface area (Å²) in [7, 11) is 0. The lowest BCUT2D eigenvalue weighted by Gasteiger charge is -2.27. The zero-order chi connectivity index (χ0) is 14.7. The second kappa shape index (κ2) is 6.08. The van der Waals surface area contributed by atoms with E-state index in [4.69, 9.17) is 9.47 Å². The van der Waals surface area contributed by atoms with Crippen LogP contribution in [-0.4, -0.2) is 11.2 Å². The SMILES string of the molecule is CCC(C)(C)Oc1ccc(OC(C)(C)CC)c(S)c1. The predicted molar refractivity (Wildman–Crippen MR) is 83.7 cm³/mol. The van der Waals surface area contributed by atoms with E-state index in [-0.39, 0.29) is 11.2 Å². The first-order valence-electron chi connectivity index (χ1n) is 6.90. The molecule has 0 radical (unpaired) electrons. The maximum atomic E-state index is 5.96. The number of benzene rings is 1. The molecule has 0 aliphatic rings. The Labute approximate surface area is 122 Å². The molecule has 0 aliphatic carbocycles. The molecular weight excluding hydrogens is 256 g/mol. The molecule has 108 valence electrons. The molecule has 0 N–H and O–H groups in total. The van der Waals surface area contributed by atoms with Crippen molar-refractivity contribution in [3.8, 4) is 11.5 Å². The highest BCUT2D eigenvalue weighted by atomic mass is 32.1. The zero-order valence-electron chi connectivity index (χ0n) is 12.9. The lowest BCUT2D eigenvalue weighted by Crippen LogP contribution is -2.27. The third-order valence-electron chi connectivity index (χ3n) is 3.41. The van der Waals surface area contributed by atoms with E-state index in [1.54, 1.807) is 0 Å². The van der Waals surface area contributed by atoms with Crippen LogP contribution in [0.25, 0.3) is 0 Å². The van der Waals surface area contributed by atoms with Crippen LogP contribution in [0.1, 0.15) is 54.4 Å². The van der Waals surface area contributed by atoms with Gasteiger partial charge in [-0.15, -0.1) is 12.6 Å². The summed E-state index contributed by atoms with van der Waals surface area (Å²) in [6.45, 7) is 12.5. The summed E-state index contributed by atoms with van der Waals surface area (Å²) in [5.74, 6) is 1.63. The van der Waals surface area contributed by atoms with Gasteiger partial charge in [0, 0.05) is 4.90 Å². The van der Waals surface area contributed by atoms with Crippen molar-refractivity contribution in [3.63, 3.8) is 0 Å². The minimum atomic E-state index is -0.178. The molecule has 1 rings (SSSR count). The molecule has 1 aromatic carbocycles. The standard InChI is InChI=1S/C16H26O2S/c1-7-15(3,4)17-12-9-10-13(14(19)11-12)18-16(5,6)8-2/h9-11,19H,7-8H2,1-6H3. The third-order valence-corrected chi connectivity index (χ3v) is 3.76. The van der Waals surface area contributed by atoms with Gasteiger partial charge >= 0.3 is 0 Å². The first-order chi connectivity index (χ1) is 8.69. The van der Waals surface area contributed by atoms with Gasteiger partial charge in [-0.25, -0.2) is 0 Å². The lowest BCUT2D eigenvalue weighted by molar-refractivity contribution is 0.0968. The van der Waals surface area contributed by atoms with Gasteiger partial charge < -0.3 is 9.47 Å². The van der Waals surface area contributed by atoms with Crippen molar-refractivity contribution >= 4 is 12.6 Å². The van der Waals surface area contributed by atoms with E-state index in [0.29, 0.717) is 0 Å². The number of ether oxygens (including phenoxy) is 2. The van der Waals surface area contributed by atoms with Crippen LogP contribution in [-0.2, 0) is 0 Å². The molecule has 0 amide bonds. The molecule has 0 unspecified atom stereocenters. The summed E-state index contributed by atoms with van der Waals surface area (Å²) in [5.41, 5.74) is -0.339. The number of thiol groups is 1. The normalized spacial score (nSPS) is 12.4. The van der Waals surface area contributed by atoms with E-state index >= 15 is 0 Å². The van der Waals surface area contributed by atoms with Crippen LogP contribution in [0, 0.1) is 0 Å². The number of hydrogen-bond acceptors (Lipinski definition) is 3. The molecule has 0 atom stereocenters. The van der Waals surface area contributed by atoms with Gasteiger partial charge in [0.25, 0.3) is 0 Å². The van der Waals surface area contributed by atoms with E-state index in [1.807, 2.05) is 18.2 Å². The van der Waals surface area contributed by atoms with Gasteiger partial charge in [0.15, 0.2) is 0 Å². The Morgan fingerprint density at radius 3 is 1.95 bits per heavy atom. The minimum Gasteiger partial charge on any atom is -0.488 e. The highest BCUT2D eigenvalue weighted by molar-refractivity contribution is 7.80. The van der Waals surface area contributed by atoms with E-state index < -0.39 is 0 Å². The number of rotatable bonds is 6. The third kappa shape index (κ3) is 4.98. The van der Waals surface area contributed by atoms with Crippen LogP contribution in [0.3, 0.4) is 0 Å². The molecule has 0 fully saturated rings. The Bertz CT molecular complexity index is 425. The molecule has 0 bridgehead atoms. The minimum absolute atomic E-state index is 0.161. The predicted octanol–water partition coefficient (Wildman–Crippen LogP) is 5.11. The fraction of sp³-hybridized carbons (Fsp3) is 0.625. The highest BCUT2D eigenvalue weighted by Gasteiger charge is 2.20. The summed E-state index contributed by atoms with van der Waals surface area (Å²) >= 11 is 4.49. The van der Waals surface area contributed by atoms with E-state index in [9.17, 15) is 0 Å². The monoisotopic (exact) mass is 282 g/mol. The molecule has 2 nitrogen and oxygen atoms in total. The summed E-state index contributed by atoms with van der Waals surface area (Å²) in [6.07, 6.45) is 1.90. The molecular formula is C16H26O2S. The van der Waals surface area contributed by atoms with Crippen molar-refractivity contribution in [2.45, 2.75) is 70.5 Å². The van der Waals surface area contributed by atoms with Gasteiger partial charge in [-0.3, -0.25) is 0 Å². The largest absolute Gasteiger partial charge is 0.488 e. The van der Waals surface area contributed by atoms with Crippen LogP contribution >= 0.6 is 12.6 Å². The van der Waals surface area contributed by atoms with Gasteiger partial charge in [-0.05, 0) is 58.7 Å². The molecule has 0 heterocycles. The van der Waals surface area contributed by atoms with Crippen LogP contribution in [0.15, 0.2) is 23.1 Å². The van der Waals surface area contributed by atoms with Crippen molar-refractivity contribution in [2.24, 2.45) is 0 Å². The topological polar surface area (TPSA) is 18.5 Å². The zero-order valence-corrected chi connectivity index (χ0v) is 13.8. The average molecular weight is 282 g/mol. The maximum Gasteiger partial charge on any atom is 0.133 e. The molecule has 0 aliphatic heterocycles. The van der Waals surface area contributed by atoms with E-state index in [0.717, 1.165) is 29.2 Å². The van der Waals surface area contributed by atoms with Gasteiger partial charge in [-0.1, -0.05) is 13.8 Å². The maximum absolute atomic E-state index is 5.96. The fourth-order valence-corrected chi connectivity index (χ4v) is 1.66. The van der Waals surface area contributed by atoms with Crippen molar-refractivity contribution in [1.29, 1.82) is 0 Å². The summed E-state index contributed by atoms with van der Waals surface area (Å²) in [4.78, 5) is 0.811. The van der Waals surface area contributed by atoms with Crippen molar-refractivity contribution in [1.82, 2.24) is 0 Å². The quantitative estimate of drug-likeness (QED) is 0.731. The van der Waals surface area contributed by atoms with Crippen LogP contribution in [0.4, 0.5) is 0 Å². The Morgan fingerprint density at radius 1 is 0.947 bits per heavy atom. The Balaban J connectivity index is 2.86. The summed E-state index contributed by atoms with van der Waals surface area (Å²) in [6, 6.07) is 5.79. The first kappa shape index (κ1) is 16.2. The van der Waals surface area contributed by atoms with Crippen LogP contribution < -0.4 is 9.47 Å². The Kier molecular flexibility index (Phi) is 5.19. The van der Waals surface area contributed by atoms with E-state index in [2.05, 4.69) is 54.2 Å². The van der Waals surface area contributed by atoms with Crippen molar-refractivity contribution < 1.29 is 9.47 Å². The van der Waals surface area contributed by atoms with Gasteiger partial charge in [0.1, 0.15) is 22.7 Å². The lowest BCUT2D eigenvalue weighted by atomic mass is 10.1. The second-order valence-electron chi connectivity index (χ2n) is 6.06. The molecule has 0 aromatic heterocycles. The van der Waals surface area contributed by atoms with Crippen molar-refractivity contribution in [3.05, 3.63) is 18.2 Å².